The molecular formula is C10H15Na2O4P. The largest absolute Gasteiger partial charge is 1.00 e. The van der Waals surface area contributed by atoms with Gasteiger partial charge in [-0.1, -0.05) is 34.2 Å². The maximum atomic E-state index is 9.35. The van der Waals surface area contributed by atoms with E-state index in [0.29, 0.717) is 11.7 Å². The number of benzene rings is 1. The van der Waals surface area contributed by atoms with Gasteiger partial charge >= 0.3 is 59.1 Å². The molecule has 0 saturated heterocycles. The van der Waals surface area contributed by atoms with Gasteiger partial charge in [-0.3, -0.25) is 0 Å². The molecule has 0 fully saturated rings. The Morgan fingerprint density at radius 2 is 1.65 bits per heavy atom. The molecule has 1 aromatic carbocycles. The monoisotopic (exact) mass is 276 g/mol. The van der Waals surface area contributed by atoms with Crippen molar-refractivity contribution in [3.05, 3.63) is 29.3 Å². The van der Waals surface area contributed by atoms with Crippen molar-refractivity contribution in [2.24, 2.45) is 0 Å². The normalized spacial score (nSPS) is 8.88. The molecule has 0 spiro atoms. The van der Waals surface area contributed by atoms with Gasteiger partial charge in [0.1, 0.15) is 5.75 Å². The Kier molecular flexibility index (Phi) is 16.7. The molecule has 7 heteroatoms. The van der Waals surface area contributed by atoms with E-state index in [1.807, 2.05) is 19.1 Å². The number of phenolic OH excluding ortho intramolecular Hbond substituents is 1. The van der Waals surface area contributed by atoms with Crippen molar-refractivity contribution in [2.75, 3.05) is 0 Å². The summed E-state index contributed by atoms with van der Waals surface area (Å²) in [5.74, 6) is 0.887. The van der Waals surface area contributed by atoms with Crippen LogP contribution in [0.25, 0.3) is 0 Å². The van der Waals surface area contributed by atoms with Gasteiger partial charge < -0.3 is 19.5 Å². The molecule has 0 aromatic heterocycles. The molecule has 0 saturated carbocycles. The van der Waals surface area contributed by atoms with Crippen LogP contribution in [-0.2, 0) is 4.57 Å². The predicted molar refractivity (Wildman–Crippen MR) is 55.9 cm³/mol. The van der Waals surface area contributed by atoms with E-state index in [9.17, 15) is 5.11 Å². The molecule has 0 aliphatic carbocycles. The fourth-order valence-corrected chi connectivity index (χ4v) is 0.986. The molecule has 0 aliphatic heterocycles. The maximum absolute atomic E-state index is 9.35. The van der Waals surface area contributed by atoms with E-state index < -0.39 is 8.25 Å². The van der Waals surface area contributed by atoms with Crippen LogP contribution in [0.2, 0.25) is 0 Å². The summed E-state index contributed by atoms with van der Waals surface area (Å²) in [7, 11) is -3.63. The van der Waals surface area contributed by atoms with Gasteiger partial charge in [0.15, 0.2) is 0 Å². The SMILES string of the molecule is Cc1ccc(C(C)C)cc1O.O=[PH]([O-])[O-].[Na+].[Na+]. The summed E-state index contributed by atoms with van der Waals surface area (Å²) >= 11 is 0. The zero-order valence-electron chi connectivity index (χ0n) is 11.0. The summed E-state index contributed by atoms with van der Waals surface area (Å²) in [6.07, 6.45) is 0. The van der Waals surface area contributed by atoms with Crippen LogP contribution in [0.1, 0.15) is 30.9 Å². The third-order valence-electron chi connectivity index (χ3n) is 1.90. The number of aryl methyl sites for hydroxylation is 1. The van der Waals surface area contributed by atoms with Gasteiger partial charge in [-0.15, -0.1) is 0 Å². The van der Waals surface area contributed by atoms with E-state index in [1.165, 1.54) is 5.56 Å². The average Bonchev–Trinajstić information content (AvgIpc) is 2.08. The zero-order chi connectivity index (χ0) is 12.0. The average molecular weight is 276 g/mol. The Labute approximate surface area is 147 Å². The van der Waals surface area contributed by atoms with E-state index in [-0.39, 0.29) is 59.1 Å². The fraction of sp³-hybridized carbons (Fsp3) is 0.400. The number of phenols is 1. The van der Waals surface area contributed by atoms with Crippen LogP contribution in [0, 0.1) is 6.92 Å². The quantitative estimate of drug-likeness (QED) is 0.411. The summed E-state index contributed by atoms with van der Waals surface area (Å²) in [4.78, 5) is 17.0. The van der Waals surface area contributed by atoms with Crippen LogP contribution in [-0.4, -0.2) is 5.11 Å². The van der Waals surface area contributed by atoms with Crippen molar-refractivity contribution in [1.29, 1.82) is 0 Å². The molecule has 4 nitrogen and oxygen atoms in total. The Bertz CT molecular complexity index is 341. The summed E-state index contributed by atoms with van der Waals surface area (Å²) in [5, 5.41) is 9.35. The van der Waals surface area contributed by atoms with Crippen molar-refractivity contribution in [1.82, 2.24) is 0 Å². The number of hydrogen-bond donors (Lipinski definition) is 1. The van der Waals surface area contributed by atoms with Crippen LogP contribution in [0.15, 0.2) is 18.2 Å². The number of aromatic hydroxyl groups is 1. The van der Waals surface area contributed by atoms with E-state index in [1.54, 1.807) is 0 Å². The first-order valence-corrected chi connectivity index (χ1v) is 5.74. The topological polar surface area (TPSA) is 83.4 Å². The molecule has 86 valence electrons. The molecule has 1 N–H and O–H groups in total. The second kappa shape index (κ2) is 12.2. The van der Waals surface area contributed by atoms with Crippen LogP contribution >= 0.6 is 8.25 Å². The van der Waals surface area contributed by atoms with E-state index in [2.05, 4.69) is 19.9 Å². The first-order chi connectivity index (χ1) is 6.84. The first-order valence-electron chi connectivity index (χ1n) is 4.52. The summed E-state index contributed by atoms with van der Waals surface area (Å²) in [6.45, 7) is 6.13. The predicted octanol–water partition coefficient (Wildman–Crippen LogP) is -5.07. The van der Waals surface area contributed by atoms with E-state index >= 15 is 0 Å². The molecule has 1 aromatic rings. The molecule has 0 amide bonds. The summed E-state index contributed by atoms with van der Waals surface area (Å²) in [6, 6.07) is 5.84. The standard InChI is InChI=1S/C10H14O.2Na.H3O3P/c1-7(2)9-5-4-8(3)10(11)6-9;;;1-4(2)3/h4-7,11H,1-3H3;;;4H,(H2,1,2,3)/q;2*+1;/p-2. The van der Waals surface area contributed by atoms with Crippen LogP contribution < -0.4 is 68.9 Å². The second-order valence-electron chi connectivity index (χ2n) is 3.45. The van der Waals surface area contributed by atoms with Gasteiger partial charge in [-0.05, 0) is 30.0 Å². The van der Waals surface area contributed by atoms with Crippen molar-refractivity contribution in [3.63, 3.8) is 0 Å². The van der Waals surface area contributed by atoms with Gasteiger partial charge in [0.25, 0.3) is 0 Å². The summed E-state index contributed by atoms with van der Waals surface area (Å²) in [5.41, 5.74) is 2.13. The molecule has 0 radical (unpaired) electrons. The van der Waals surface area contributed by atoms with Gasteiger partial charge in [0.2, 0.25) is 0 Å². The molecular weight excluding hydrogens is 261 g/mol. The maximum Gasteiger partial charge on any atom is 1.00 e. The molecule has 0 atom stereocenters. The van der Waals surface area contributed by atoms with E-state index in [0.717, 1.165) is 5.56 Å². The second-order valence-corrected chi connectivity index (χ2v) is 3.95. The number of hydrogen-bond acceptors (Lipinski definition) is 4. The molecule has 1 rings (SSSR count). The molecule has 0 unspecified atom stereocenters. The molecule has 0 heterocycles. The summed E-state index contributed by atoms with van der Waals surface area (Å²) < 4.78 is 8.52. The van der Waals surface area contributed by atoms with Crippen LogP contribution in [0.5, 0.6) is 5.75 Å². The Morgan fingerprint density at radius 1 is 1.24 bits per heavy atom. The molecule has 0 aliphatic rings. The Morgan fingerprint density at radius 3 is 1.94 bits per heavy atom. The van der Waals surface area contributed by atoms with Crippen molar-refractivity contribution < 1.29 is 78.6 Å². The Hall–Kier alpha value is 1.17. The van der Waals surface area contributed by atoms with Gasteiger partial charge in [0.05, 0.1) is 0 Å². The minimum Gasteiger partial charge on any atom is -0.813 e. The third-order valence-corrected chi connectivity index (χ3v) is 1.90. The fourth-order valence-electron chi connectivity index (χ4n) is 0.986. The molecule has 17 heavy (non-hydrogen) atoms. The van der Waals surface area contributed by atoms with Gasteiger partial charge in [0, 0.05) is 0 Å². The van der Waals surface area contributed by atoms with E-state index in [4.69, 9.17) is 14.4 Å². The van der Waals surface area contributed by atoms with Crippen LogP contribution in [0.4, 0.5) is 0 Å². The zero-order valence-corrected chi connectivity index (χ0v) is 16.0. The van der Waals surface area contributed by atoms with Gasteiger partial charge in [-0.25, -0.2) is 0 Å². The minimum absolute atomic E-state index is 0. The first kappa shape index (κ1) is 23.3. The molecule has 0 bridgehead atoms. The minimum atomic E-state index is -3.63. The number of rotatable bonds is 1. The third kappa shape index (κ3) is 12.0. The van der Waals surface area contributed by atoms with Crippen molar-refractivity contribution in [3.8, 4) is 5.75 Å². The van der Waals surface area contributed by atoms with Crippen molar-refractivity contribution >= 4 is 8.25 Å². The smallest absolute Gasteiger partial charge is 0.813 e. The van der Waals surface area contributed by atoms with Crippen LogP contribution in [0.3, 0.4) is 0 Å². The Balaban J connectivity index is -0.000000289. The van der Waals surface area contributed by atoms with Gasteiger partial charge in [-0.2, -0.15) is 0 Å². The van der Waals surface area contributed by atoms with Crippen molar-refractivity contribution in [2.45, 2.75) is 26.7 Å².